The Bertz CT molecular complexity index is 464. The molecule has 5 heteroatoms. The van der Waals surface area contributed by atoms with Crippen LogP contribution in [0.3, 0.4) is 0 Å². The molecule has 2 aromatic rings. The Morgan fingerprint density at radius 2 is 2.31 bits per heavy atom. The fourth-order valence-electron chi connectivity index (χ4n) is 1.63. The number of aromatic nitrogens is 1. The van der Waals surface area contributed by atoms with E-state index in [-0.39, 0.29) is 0 Å². The summed E-state index contributed by atoms with van der Waals surface area (Å²) in [6, 6.07) is 4.65. The number of halogens is 1. The van der Waals surface area contributed by atoms with Crippen molar-refractivity contribution in [3.8, 4) is 0 Å². The fraction of sp³-hybridized carbons (Fsp3) is 0.364. The summed E-state index contributed by atoms with van der Waals surface area (Å²) in [7, 11) is 2.01. The Morgan fingerprint density at radius 1 is 1.50 bits per heavy atom. The van der Waals surface area contributed by atoms with Crippen molar-refractivity contribution in [3.63, 3.8) is 0 Å². The maximum atomic E-state index is 4.30. The van der Waals surface area contributed by atoms with Gasteiger partial charge in [0.25, 0.3) is 0 Å². The lowest BCUT2D eigenvalue weighted by atomic mass is 10.1. The van der Waals surface area contributed by atoms with Crippen molar-refractivity contribution in [1.82, 2.24) is 10.3 Å². The highest BCUT2D eigenvalue weighted by Crippen LogP contribution is 2.29. The number of aryl methyl sites for hydroxylation is 1. The van der Waals surface area contributed by atoms with Crippen molar-refractivity contribution in [2.45, 2.75) is 19.4 Å². The molecule has 2 aromatic heterocycles. The van der Waals surface area contributed by atoms with Crippen LogP contribution < -0.4 is 5.32 Å². The van der Waals surface area contributed by atoms with Crippen LogP contribution >= 0.6 is 38.6 Å². The first-order valence-electron chi connectivity index (χ1n) is 5.02. The molecule has 0 radical (unpaired) electrons. The van der Waals surface area contributed by atoms with Crippen LogP contribution in [0.1, 0.15) is 21.5 Å². The molecular weight excluding hydrogens is 304 g/mol. The number of thiazole rings is 1. The van der Waals surface area contributed by atoms with E-state index in [2.05, 4.69) is 45.3 Å². The molecule has 1 atom stereocenters. The fourth-order valence-corrected chi connectivity index (χ4v) is 4.08. The lowest BCUT2D eigenvalue weighted by Crippen LogP contribution is -2.18. The van der Waals surface area contributed by atoms with Crippen molar-refractivity contribution < 1.29 is 0 Å². The summed E-state index contributed by atoms with van der Waals surface area (Å²) in [6.45, 7) is 2.07. The van der Waals surface area contributed by atoms with Gasteiger partial charge in [0.1, 0.15) is 0 Å². The Kier molecular flexibility index (Phi) is 4.13. The lowest BCUT2D eigenvalue weighted by molar-refractivity contribution is 0.602. The third-order valence-corrected chi connectivity index (χ3v) is 5.17. The molecule has 86 valence electrons. The van der Waals surface area contributed by atoms with Gasteiger partial charge in [0.15, 0.2) is 0 Å². The normalized spacial score (nSPS) is 12.9. The highest BCUT2D eigenvalue weighted by Gasteiger charge is 2.15. The Morgan fingerprint density at radius 3 is 2.81 bits per heavy atom. The van der Waals surface area contributed by atoms with Gasteiger partial charge in [-0.25, -0.2) is 4.98 Å². The Labute approximate surface area is 112 Å². The van der Waals surface area contributed by atoms with Crippen LogP contribution in [0.15, 0.2) is 21.4 Å². The summed E-state index contributed by atoms with van der Waals surface area (Å²) in [6.07, 6.45) is 1.02. The molecule has 0 aromatic carbocycles. The molecule has 0 amide bonds. The van der Waals surface area contributed by atoms with Crippen LogP contribution in [0.2, 0.25) is 0 Å². The maximum absolute atomic E-state index is 4.30. The van der Waals surface area contributed by atoms with Gasteiger partial charge in [0.05, 0.1) is 15.0 Å². The van der Waals surface area contributed by atoms with E-state index in [1.54, 1.807) is 22.7 Å². The number of nitrogens with one attached hydrogen (secondary N) is 1. The standard InChI is InChI=1S/C11H13BrN2S2/c1-7-11(15-6-14-7)9(13-2)5-8-3-4-10(12)16-8/h3-4,6,9,13H,5H2,1-2H3. The lowest BCUT2D eigenvalue weighted by Gasteiger charge is -2.13. The Balaban J connectivity index is 2.15. The topological polar surface area (TPSA) is 24.9 Å². The van der Waals surface area contributed by atoms with Crippen molar-refractivity contribution >= 4 is 38.6 Å². The molecule has 0 saturated heterocycles. The Hall–Kier alpha value is -0.230. The van der Waals surface area contributed by atoms with Crippen molar-refractivity contribution in [3.05, 3.63) is 36.9 Å². The maximum Gasteiger partial charge on any atom is 0.0798 e. The van der Waals surface area contributed by atoms with Gasteiger partial charge in [-0.2, -0.15) is 0 Å². The third-order valence-electron chi connectivity index (χ3n) is 2.48. The van der Waals surface area contributed by atoms with Gasteiger partial charge in [0, 0.05) is 22.2 Å². The van der Waals surface area contributed by atoms with Crippen LogP contribution in [0.25, 0.3) is 0 Å². The molecule has 0 bridgehead atoms. The molecule has 16 heavy (non-hydrogen) atoms. The number of nitrogens with zero attached hydrogens (tertiary/aromatic N) is 1. The SMILES string of the molecule is CNC(Cc1ccc(Br)s1)c1scnc1C. The molecule has 0 aliphatic heterocycles. The van der Waals surface area contributed by atoms with E-state index in [9.17, 15) is 0 Å². The third kappa shape index (κ3) is 2.71. The van der Waals surface area contributed by atoms with Gasteiger partial charge >= 0.3 is 0 Å². The van der Waals surface area contributed by atoms with E-state index in [1.165, 1.54) is 13.5 Å². The second kappa shape index (κ2) is 5.40. The van der Waals surface area contributed by atoms with Crippen molar-refractivity contribution in [1.29, 1.82) is 0 Å². The monoisotopic (exact) mass is 316 g/mol. The number of hydrogen-bond acceptors (Lipinski definition) is 4. The molecule has 2 rings (SSSR count). The zero-order chi connectivity index (χ0) is 11.5. The average molecular weight is 317 g/mol. The van der Waals surface area contributed by atoms with Crippen LogP contribution in [0, 0.1) is 6.92 Å². The summed E-state index contributed by atoms with van der Waals surface area (Å²) in [4.78, 5) is 7.03. The van der Waals surface area contributed by atoms with Crippen LogP contribution in [-0.4, -0.2) is 12.0 Å². The van der Waals surface area contributed by atoms with Crippen molar-refractivity contribution in [2.75, 3.05) is 7.05 Å². The largest absolute Gasteiger partial charge is 0.312 e. The highest BCUT2D eigenvalue weighted by molar-refractivity contribution is 9.11. The first-order valence-corrected chi connectivity index (χ1v) is 7.51. The minimum atomic E-state index is 0.373. The minimum Gasteiger partial charge on any atom is -0.312 e. The molecule has 0 aliphatic carbocycles. The summed E-state index contributed by atoms with van der Waals surface area (Å²) in [5.41, 5.74) is 3.05. The molecule has 0 aliphatic rings. The number of hydrogen-bond donors (Lipinski definition) is 1. The van der Waals surface area contributed by atoms with Crippen LogP contribution in [0.5, 0.6) is 0 Å². The molecule has 0 saturated carbocycles. The summed E-state index contributed by atoms with van der Waals surface area (Å²) in [5, 5.41) is 3.36. The first kappa shape index (κ1) is 12.2. The number of likely N-dealkylation sites (N-methyl/N-ethyl adjacent to an activating group) is 1. The van der Waals surface area contributed by atoms with Gasteiger partial charge in [-0.1, -0.05) is 0 Å². The van der Waals surface area contributed by atoms with E-state index >= 15 is 0 Å². The number of rotatable bonds is 4. The second-order valence-corrected chi connectivity index (χ2v) is 6.99. The molecule has 0 spiro atoms. The minimum absolute atomic E-state index is 0.373. The summed E-state index contributed by atoms with van der Waals surface area (Å²) < 4.78 is 1.19. The van der Waals surface area contributed by atoms with Gasteiger partial charge in [-0.15, -0.1) is 22.7 Å². The molecule has 0 fully saturated rings. The van der Waals surface area contributed by atoms with E-state index < -0.39 is 0 Å². The van der Waals surface area contributed by atoms with E-state index in [1.807, 2.05) is 12.6 Å². The van der Waals surface area contributed by atoms with Crippen LogP contribution in [0.4, 0.5) is 0 Å². The second-order valence-electron chi connectivity index (χ2n) is 3.55. The smallest absolute Gasteiger partial charge is 0.0798 e. The quantitative estimate of drug-likeness (QED) is 0.928. The highest BCUT2D eigenvalue weighted by atomic mass is 79.9. The number of thiophene rings is 1. The summed E-state index contributed by atoms with van der Waals surface area (Å²) >= 11 is 7.02. The molecule has 1 unspecified atom stereocenters. The average Bonchev–Trinajstić information content (AvgIpc) is 2.84. The molecule has 2 nitrogen and oxygen atoms in total. The zero-order valence-corrected chi connectivity index (χ0v) is 12.4. The van der Waals surface area contributed by atoms with Gasteiger partial charge in [-0.3, -0.25) is 0 Å². The van der Waals surface area contributed by atoms with Gasteiger partial charge in [0.2, 0.25) is 0 Å². The van der Waals surface area contributed by atoms with E-state index in [0.717, 1.165) is 12.1 Å². The zero-order valence-electron chi connectivity index (χ0n) is 9.16. The summed E-state index contributed by atoms with van der Waals surface area (Å²) in [5.74, 6) is 0. The molecular formula is C11H13BrN2S2. The van der Waals surface area contributed by atoms with E-state index in [0.29, 0.717) is 6.04 Å². The van der Waals surface area contributed by atoms with Gasteiger partial charge < -0.3 is 5.32 Å². The predicted molar refractivity (Wildman–Crippen MR) is 74.4 cm³/mol. The first-order chi connectivity index (χ1) is 7.70. The van der Waals surface area contributed by atoms with Crippen LogP contribution in [-0.2, 0) is 6.42 Å². The molecule has 2 heterocycles. The molecule has 1 N–H and O–H groups in total. The van der Waals surface area contributed by atoms with E-state index in [4.69, 9.17) is 0 Å². The van der Waals surface area contributed by atoms with Crippen molar-refractivity contribution in [2.24, 2.45) is 0 Å². The predicted octanol–water partition coefficient (Wildman–Crippen LogP) is 3.78. The van der Waals surface area contributed by atoms with Gasteiger partial charge in [-0.05, 0) is 42.0 Å².